The summed E-state index contributed by atoms with van der Waals surface area (Å²) in [7, 11) is 3.86. The first-order valence-corrected chi connectivity index (χ1v) is 10.4. The van der Waals surface area contributed by atoms with Gasteiger partial charge in [0.1, 0.15) is 10.2 Å². The van der Waals surface area contributed by atoms with E-state index >= 15 is 0 Å². The molecule has 0 aliphatic heterocycles. The molecule has 1 atom stereocenters. The van der Waals surface area contributed by atoms with Crippen LogP contribution in [0.3, 0.4) is 0 Å². The average molecular weight is 425 g/mol. The fourth-order valence-electron chi connectivity index (χ4n) is 2.50. The molecule has 27 heavy (non-hydrogen) atoms. The molecule has 0 saturated heterocycles. The third-order valence-corrected chi connectivity index (χ3v) is 6.41. The highest BCUT2D eigenvalue weighted by atomic mass is 35.5. The van der Waals surface area contributed by atoms with Gasteiger partial charge in [-0.15, -0.1) is 35.0 Å². The maximum atomic E-state index is 12.3. The van der Waals surface area contributed by atoms with Crippen LogP contribution in [0.2, 0.25) is 0 Å². The van der Waals surface area contributed by atoms with E-state index < -0.39 is 4.33 Å². The van der Waals surface area contributed by atoms with Crippen LogP contribution in [0, 0.1) is 5.92 Å². The second kappa shape index (κ2) is 8.59. The van der Waals surface area contributed by atoms with Crippen LogP contribution in [-0.4, -0.2) is 35.2 Å². The minimum atomic E-state index is -0.581. The number of carbonyl (C=O) groups is 1. The highest BCUT2D eigenvalue weighted by Crippen LogP contribution is 2.55. The lowest BCUT2D eigenvalue weighted by Crippen LogP contribution is -2.28. The molecule has 8 heteroatoms. The zero-order valence-corrected chi connectivity index (χ0v) is 17.5. The Morgan fingerprint density at radius 1 is 1.33 bits per heavy atom. The fourth-order valence-corrected chi connectivity index (χ4v) is 4.44. The first kappa shape index (κ1) is 20.1. The number of halogens is 2. The lowest BCUT2D eigenvalue weighted by atomic mass is 10.2. The molecule has 1 aliphatic carbocycles. The molecule has 0 radical (unpaired) electrons. The van der Waals surface area contributed by atoms with E-state index in [0.29, 0.717) is 12.5 Å². The molecule has 1 unspecified atom stereocenters. The van der Waals surface area contributed by atoms with E-state index in [0.717, 1.165) is 34.1 Å². The van der Waals surface area contributed by atoms with Gasteiger partial charge in [-0.2, -0.15) is 0 Å². The number of benzene rings is 1. The van der Waals surface area contributed by atoms with Gasteiger partial charge in [-0.1, -0.05) is 12.1 Å². The fraction of sp³-hybridized carbons (Fsp3) is 0.368. The largest absolute Gasteiger partial charge is 0.363 e. The number of aromatic nitrogens is 1. The number of amides is 2. The minimum Gasteiger partial charge on any atom is -0.363 e. The third kappa shape index (κ3) is 5.67. The Morgan fingerprint density at radius 2 is 2.07 bits per heavy atom. The molecule has 1 fully saturated rings. The number of nitrogens with zero attached hydrogens (tertiary/aromatic N) is 2. The molecule has 1 saturated carbocycles. The Balaban J connectivity index is 1.54. The Kier molecular flexibility index (Phi) is 6.40. The Bertz CT molecular complexity index is 816. The number of nitrogens with one attached hydrogen (secondary N) is 2. The SMILES string of the molecule is CN(C)c1cc(CNC(=O)Nc2ccccc2SCC2CC2(Cl)Cl)ccn1. The van der Waals surface area contributed by atoms with Crippen LogP contribution in [0.15, 0.2) is 47.5 Å². The number of para-hydroxylation sites is 1. The maximum Gasteiger partial charge on any atom is 0.319 e. The highest BCUT2D eigenvalue weighted by molar-refractivity contribution is 7.99. The van der Waals surface area contributed by atoms with Crippen molar-refractivity contribution in [2.75, 3.05) is 30.1 Å². The zero-order valence-electron chi connectivity index (χ0n) is 15.2. The van der Waals surface area contributed by atoms with Gasteiger partial charge in [0.05, 0.1) is 5.69 Å². The number of alkyl halides is 2. The Labute approximate surface area is 173 Å². The maximum absolute atomic E-state index is 12.3. The molecule has 2 N–H and O–H groups in total. The van der Waals surface area contributed by atoms with Crippen LogP contribution in [0.4, 0.5) is 16.3 Å². The van der Waals surface area contributed by atoms with Crippen LogP contribution in [-0.2, 0) is 6.54 Å². The van der Waals surface area contributed by atoms with E-state index in [4.69, 9.17) is 23.2 Å². The van der Waals surface area contributed by atoms with Crippen molar-refractivity contribution in [1.29, 1.82) is 0 Å². The standard InChI is InChI=1S/C19H22Cl2N4OS/c1-25(2)17-9-13(7-8-22-17)11-23-18(26)24-15-5-3-4-6-16(15)27-12-14-10-19(14,20)21/h3-9,14H,10-12H2,1-2H3,(H2,23,24,26). The van der Waals surface area contributed by atoms with Gasteiger partial charge in [-0.25, -0.2) is 9.78 Å². The summed E-state index contributed by atoms with van der Waals surface area (Å²) in [6.45, 7) is 0.424. The summed E-state index contributed by atoms with van der Waals surface area (Å²) in [5.41, 5.74) is 1.76. The van der Waals surface area contributed by atoms with E-state index in [2.05, 4.69) is 15.6 Å². The van der Waals surface area contributed by atoms with Crippen molar-refractivity contribution in [3.05, 3.63) is 48.2 Å². The predicted octanol–water partition coefficient (Wildman–Crippen LogP) is 4.76. The number of anilines is 2. The molecule has 0 spiro atoms. The monoisotopic (exact) mass is 424 g/mol. The van der Waals surface area contributed by atoms with E-state index in [1.54, 1.807) is 18.0 Å². The van der Waals surface area contributed by atoms with Gasteiger partial charge in [-0.05, 0) is 36.2 Å². The third-order valence-electron chi connectivity index (χ3n) is 4.25. The Morgan fingerprint density at radius 3 is 2.78 bits per heavy atom. The smallest absolute Gasteiger partial charge is 0.319 e. The van der Waals surface area contributed by atoms with Crippen LogP contribution in [0.5, 0.6) is 0 Å². The molecule has 2 aromatic rings. The minimum absolute atomic E-state index is 0.248. The summed E-state index contributed by atoms with van der Waals surface area (Å²) in [6.07, 6.45) is 2.56. The summed E-state index contributed by atoms with van der Waals surface area (Å²) in [4.78, 5) is 19.5. The van der Waals surface area contributed by atoms with Gasteiger partial charge in [-0.3, -0.25) is 0 Å². The van der Waals surface area contributed by atoms with E-state index in [1.165, 1.54) is 0 Å². The molecule has 1 aliphatic rings. The van der Waals surface area contributed by atoms with Crippen molar-refractivity contribution in [3.8, 4) is 0 Å². The first-order chi connectivity index (χ1) is 12.8. The Hall–Kier alpha value is -1.63. The second-order valence-corrected chi connectivity index (χ2v) is 9.30. The molecular formula is C19H22Cl2N4OS. The number of thioether (sulfide) groups is 1. The van der Waals surface area contributed by atoms with Crippen molar-refractivity contribution in [2.45, 2.75) is 22.2 Å². The molecule has 1 aromatic carbocycles. The van der Waals surface area contributed by atoms with Crippen molar-refractivity contribution in [3.63, 3.8) is 0 Å². The second-order valence-electron chi connectivity index (χ2n) is 6.69. The van der Waals surface area contributed by atoms with Crippen molar-refractivity contribution in [2.24, 2.45) is 5.92 Å². The van der Waals surface area contributed by atoms with Gasteiger partial charge in [0.2, 0.25) is 0 Å². The summed E-state index contributed by atoms with van der Waals surface area (Å²) >= 11 is 13.8. The number of carbonyl (C=O) groups excluding carboxylic acids is 1. The number of hydrogen-bond acceptors (Lipinski definition) is 4. The molecule has 144 valence electrons. The van der Waals surface area contributed by atoms with Crippen LogP contribution in [0.1, 0.15) is 12.0 Å². The normalized spacial score (nSPS) is 17.3. The van der Waals surface area contributed by atoms with Gasteiger partial charge in [0.15, 0.2) is 0 Å². The molecular weight excluding hydrogens is 403 g/mol. The van der Waals surface area contributed by atoms with Crippen molar-refractivity contribution >= 4 is 52.5 Å². The zero-order chi connectivity index (χ0) is 19.4. The molecule has 5 nitrogen and oxygen atoms in total. The van der Waals surface area contributed by atoms with Gasteiger partial charge >= 0.3 is 6.03 Å². The lowest BCUT2D eigenvalue weighted by Gasteiger charge is -2.14. The van der Waals surface area contributed by atoms with Gasteiger partial charge < -0.3 is 15.5 Å². The summed E-state index contributed by atoms with van der Waals surface area (Å²) in [5.74, 6) is 1.98. The molecule has 1 heterocycles. The van der Waals surface area contributed by atoms with Crippen molar-refractivity contribution < 1.29 is 4.79 Å². The first-order valence-electron chi connectivity index (χ1n) is 8.62. The quantitative estimate of drug-likeness (QED) is 0.496. The molecule has 2 amide bonds. The summed E-state index contributed by atoms with van der Waals surface area (Å²) < 4.78 is -0.581. The highest BCUT2D eigenvalue weighted by Gasteiger charge is 2.51. The average Bonchev–Trinajstić information content (AvgIpc) is 3.26. The lowest BCUT2D eigenvalue weighted by molar-refractivity contribution is 0.251. The van der Waals surface area contributed by atoms with Crippen LogP contribution in [0.25, 0.3) is 0 Å². The topological polar surface area (TPSA) is 57.3 Å². The molecule has 1 aromatic heterocycles. The summed E-state index contributed by atoms with van der Waals surface area (Å²) in [6, 6.07) is 11.3. The number of pyridine rings is 1. The number of urea groups is 1. The van der Waals surface area contributed by atoms with Crippen molar-refractivity contribution in [1.82, 2.24) is 10.3 Å². The molecule has 3 rings (SSSR count). The van der Waals surface area contributed by atoms with Crippen LogP contribution >= 0.6 is 35.0 Å². The number of hydrogen-bond donors (Lipinski definition) is 2. The van der Waals surface area contributed by atoms with Gasteiger partial charge in [0.25, 0.3) is 0 Å². The van der Waals surface area contributed by atoms with E-state index in [1.807, 2.05) is 55.4 Å². The van der Waals surface area contributed by atoms with Gasteiger partial charge in [0, 0.05) is 43.4 Å². The molecule has 0 bridgehead atoms. The van der Waals surface area contributed by atoms with E-state index in [9.17, 15) is 4.79 Å². The predicted molar refractivity (Wildman–Crippen MR) is 114 cm³/mol. The van der Waals surface area contributed by atoms with Crippen LogP contribution < -0.4 is 15.5 Å². The number of rotatable bonds is 7. The van der Waals surface area contributed by atoms with E-state index in [-0.39, 0.29) is 6.03 Å². The summed E-state index contributed by atoms with van der Waals surface area (Å²) in [5, 5.41) is 5.80.